The molecule has 2 aromatic carbocycles. The number of amides is 1. The lowest BCUT2D eigenvalue weighted by atomic mass is 10.1. The van der Waals surface area contributed by atoms with Crippen LogP contribution in [0.2, 0.25) is 0 Å². The average molecular weight is 350 g/mol. The summed E-state index contributed by atoms with van der Waals surface area (Å²) in [6, 6.07) is 17.1. The van der Waals surface area contributed by atoms with E-state index in [1.807, 2.05) is 54.6 Å². The van der Waals surface area contributed by atoms with Crippen LogP contribution in [0.1, 0.15) is 16.7 Å². The fourth-order valence-electron chi connectivity index (χ4n) is 2.31. The maximum Gasteiger partial charge on any atom is 0.263 e. The Bertz CT molecular complexity index is 807. The number of hydrogen-bond donors (Lipinski definition) is 3. The maximum absolute atomic E-state index is 12.1. The first-order valence-corrected chi connectivity index (χ1v) is 8.19. The Morgan fingerprint density at radius 2 is 1.88 bits per heavy atom. The minimum absolute atomic E-state index is 0.0218. The summed E-state index contributed by atoms with van der Waals surface area (Å²) in [7, 11) is 1.60. The van der Waals surface area contributed by atoms with Crippen LogP contribution < -0.4 is 21.1 Å². The van der Waals surface area contributed by atoms with Gasteiger partial charge in [0.05, 0.1) is 7.11 Å². The van der Waals surface area contributed by atoms with Gasteiger partial charge < -0.3 is 21.1 Å². The number of carbonyl (C=O) groups is 1. The zero-order valence-corrected chi connectivity index (χ0v) is 14.7. The molecule has 6 nitrogen and oxygen atoms in total. The summed E-state index contributed by atoms with van der Waals surface area (Å²) in [6.07, 6.45) is 1.43. The van der Waals surface area contributed by atoms with Crippen molar-refractivity contribution in [1.29, 1.82) is 5.26 Å². The summed E-state index contributed by atoms with van der Waals surface area (Å²) in [5.41, 5.74) is 8.62. The summed E-state index contributed by atoms with van der Waals surface area (Å²) >= 11 is 0. The quantitative estimate of drug-likeness (QED) is 0.499. The third-order valence-corrected chi connectivity index (χ3v) is 3.76. The summed E-state index contributed by atoms with van der Waals surface area (Å²) in [5.74, 6) is 0.326. The van der Waals surface area contributed by atoms with Crippen molar-refractivity contribution in [3.8, 4) is 11.8 Å². The van der Waals surface area contributed by atoms with E-state index in [2.05, 4.69) is 10.6 Å². The van der Waals surface area contributed by atoms with Gasteiger partial charge in [0.2, 0.25) is 0 Å². The standard InChI is InChI=1S/C20H22N4O2/c1-26-19-7-5-15(6-8-19)13-24-20(25)18(11-22)14-23-12-17-4-2-3-16(9-17)10-21/h2-9,14,23H,10,12-13,21H2,1H3,(H,24,25)/b18-14-. The van der Waals surface area contributed by atoms with Crippen molar-refractivity contribution in [2.75, 3.05) is 7.11 Å². The van der Waals surface area contributed by atoms with Gasteiger partial charge in [-0.2, -0.15) is 5.26 Å². The van der Waals surface area contributed by atoms with E-state index in [9.17, 15) is 10.1 Å². The minimum Gasteiger partial charge on any atom is -0.497 e. The molecule has 4 N–H and O–H groups in total. The first-order chi connectivity index (χ1) is 12.7. The molecule has 0 fully saturated rings. The third kappa shape index (κ3) is 5.65. The normalized spacial score (nSPS) is 10.7. The molecule has 2 aromatic rings. The van der Waals surface area contributed by atoms with Crippen LogP contribution in [-0.2, 0) is 24.4 Å². The number of methoxy groups -OCH3 is 1. The molecular weight excluding hydrogens is 328 g/mol. The van der Waals surface area contributed by atoms with Crippen molar-refractivity contribution in [3.63, 3.8) is 0 Å². The Balaban J connectivity index is 1.88. The van der Waals surface area contributed by atoms with E-state index < -0.39 is 5.91 Å². The molecule has 0 aliphatic rings. The van der Waals surface area contributed by atoms with Gasteiger partial charge in [0.1, 0.15) is 17.4 Å². The van der Waals surface area contributed by atoms with Crippen molar-refractivity contribution >= 4 is 5.91 Å². The fraction of sp³-hybridized carbons (Fsp3) is 0.200. The number of ether oxygens (including phenoxy) is 1. The SMILES string of the molecule is COc1ccc(CNC(=O)/C(C#N)=C\NCc2cccc(CN)c2)cc1. The van der Waals surface area contributed by atoms with Gasteiger partial charge in [-0.1, -0.05) is 36.4 Å². The lowest BCUT2D eigenvalue weighted by Gasteiger charge is -2.07. The van der Waals surface area contributed by atoms with Gasteiger partial charge in [-0.15, -0.1) is 0 Å². The van der Waals surface area contributed by atoms with Crippen molar-refractivity contribution in [3.05, 3.63) is 77.0 Å². The molecule has 1 amide bonds. The number of benzene rings is 2. The van der Waals surface area contributed by atoms with Crippen LogP contribution in [-0.4, -0.2) is 13.0 Å². The van der Waals surface area contributed by atoms with Crippen LogP contribution >= 0.6 is 0 Å². The van der Waals surface area contributed by atoms with Gasteiger partial charge in [0.25, 0.3) is 5.91 Å². The molecule has 0 unspecified atom stereocenters. The van der Waals surface area contributed by atoms with Gasteiger partial charge in [-0.25, -0.2) is 0 Å². The molecule has 26 heavy (non-hydrogen) atoms. The number of nitrogens with two attached hydrogens (primary N) is 1. The van der Waals surface area contributed by atoms with Gasteiger partial charge in [-0.05, 0) is 28.8 Å². The zero-order chi connectivity index (χ0) is 18.8. The molecule has 0 atom stereocenters. The summed E-state index contributed by atoms with van der Waals surface area (Å²) in [6.45, 7) is 1.31. The Hall–Kier alpha value is -3.30. The van der Waals surface area contributed by atoms with Crippen LogP contribution in [0.25, 0.3) is 0 Å². The van der Waals surface area contributed by atoms with Crippen LogP contribution in [0.3, 0.4) is 0 Å². The number of rotatable bonds is 8. The second kappa shape index (κ2) is 9.87. The van der Waals surface area contributed by atoms with E-state index in [0.717, 1.165) is 22.4 Å². The molecule has 0 spiro atoms. The van der Waals surface area contributed by atoms with Gasteiger partial charge in [0.15, 0.2) is 0 Å². The average Bonchev–Trinajstić information content (AvgIpc) is 2.70. The molecule has 0 aliphatic heterocycles. The molecular formula is C20H22N4O2. The molecule has 0 saturated heterocycles. The minimum atomic E-state index is -0.425. The predicted molar refractivity (Wildman–Crippen MR) is 99.7 cm³/mol. The highest BCUT2D eigenvalue weighted by Crippen LogP contribution is 2.11. The second-order valence-corrected chi connectivity index (χ2v) is 5.61. The number of nitrogens with one attached hydrogen (secondary N) is 2. The number of hydrogen-bond acceptors (Lipinski definition) is 5. The lowest BCUT2D eigenvalue weighted by molar-refractivity contribution is -0.117. The van der Waals surface area contributed by atoms with Crippen molar-refractivity contribution < 1.29 is 9.53 Å². The Labute approximate surface area is 153 Å². The molecule has 6 heteroatoms. The van der Waals surface area contributed by atoms with E-state index >= 15 is 0 Å². The largest absolute Gasteiger partial charge is 0.497 e. The topological polar surface area (TPSA) is 100 Å². The molecule has 0 saturated carbocycles. The third-order valence-electron chi connectivity index (χ3n) is 3.76. The monoisotopic (exact) mass is 350 g/mol. The van der Waals surface area contributed by atoms with Crippen LogP contribution in [0.5, 0.6) is 5.75 Å². The van der Waals surface area contributed by atoms with E-state index in [1.165, 1.54) is 6.20 Å². The first kappa shape index (κ1) is 19.0. The van der Waals surface area contributed by atoms with Crippen molar-refractivity contribution in [2.24, 2.45) is 5.73 Å². The molecule has 134 valence electrons. The highest BCUT2D eigenvalue weighted by molar-refractivity contribution is 5.97. The predicted octanol–water partition coefficient (Wildman–Crippen LogP) is 1.97. The van der Waals surface area contributed by atoms with Gasteiger partial charge >= 0.3 is 0 Å². The molecule has 0 radical (unpaired) electrons. The van der Waals surface area contributed by atoms with Crippen molar-refractivity contribution in [2.45, 2.75) is 19.6 Å². The fourth-order valence-corrected chi connectivity index (χ4v) is 2.31. The van der Waals surface area contributed by atoms with Gasteiger partial charge in [-0.3, -0.25) is 4.79 Å². The van der Waals surface area contributed by atoms with Gasteiger partial charge in [0, 0.05) is 25.8 Å². The van der Waals surface area contributed by atoms with E-state index in [1.54, 1.807) is 7.11 Å². The molecule has 0 aromatic heterocycles. The highest BCUT2D eigenvalue weighted by atomic mass is 16.5. The summed E-state index contributed by atoms with van der Waals surface area (Å²) in [4.78, 5) is 12.1. The van der Waals surface area contributed by atoms with E-state index in [0.29, 0.717) is 19.6 Å². The maximum atomic E-state index is 12.1. The molecule has 2 rings (SSSR count). The molecule has 0 bridgehead atoms. The molecule has 0 heterocycles. The van der Waals surface area contributed by atoms with Crippen molar-refractivity contribution in [1.82, 2.24) is 10.6 Å². The van der Waals surface area contributed by atoms with Crippen LogP contribution in [0, 0.1) is 11.3 Å². The van der Waals surface area contributed by atoms with Crippen LogP contribution in [0.4, 0.5) is 0 Å². The Kier molecular flexibility index (Phi) is 7.22. The zero-order valence-electron chi connectivity index (χ0n) is 14.7. The number of nitrogens with zero attached hydrogens (tertiary/aromatic N) is 1. The number of carbonyl (C=O) groups excluding carboxylic acids is 1. The number of nitriles is 1. The highest BCUT2D eigenvalue weighted by Gasteiger charge is 2.08. The first-order valence-electron chi connectivity index (χ1n) is 8.19. The van der Waals surface area contributed by atoms with Crippen LogP contribution in [0.15, 0.2) is 60.3 Å². The second-order valence-electron chi connectivity index (χ2n) is 5.61. The Morgan fingerprint density at radius 1 is 1.15 bits per heavy atom. The molecule has 0 aliphatic carbocycles. The lowest BCUT2D eigenvalue weighted by Crippen LogP contribution is -2.25. The van der Waals surface area contributed by atoms with E-state index in [4.69, 9.17) is 10.5 Å². The van der Waals surface area contributed by atoms with E-state index in [-0.39, 0.29) is 5.57 Å². The smallest absolute Gasteiger partial charge is 0.263 e. The summed E-state index contributed by atoms with van der Waals surface area (Å²) in [5, 5.41) is 14.9. The Morgan fingerprint density at radius 3 is 2.54 bits per heavy atom. The summed E-state index contributed by atoms with van der Waals surface area (Å²) < 4.78 is 5.09.